The van der Waals surface area contributed by atoms with Gasteiger partial charge in [-0.15, -0.1) is 0 Å². The smallest absolute Gasteiger partial charge is 0.226 e. The Morgan fingerprint density at radius 2 is 2.06 bits per heavy atom. The molecule has 0 aliphatic carbocycles. The number of fused-ring (bicyclic) bond motifs is 1. The van der Waals surface area contributed by atoms with Gasteiger partial charge in [-0.25, -0.2) is 0 Å². The lowest BCUT2D eigenvalue weighted by atomic mass is 10.0. The highest BCUT2D eigenvalue weighted by atomic mass is 16.4. The van der Waals surface area contributed by atoms with Crippen LogP contribution in [0.1, 0.15) is 30.0 Å². The van der Waals surface area contributed by atoms with Crippen molar-refractivity contribution in [3.05, 3.63) is 35.6 Å². The third-order valence-electron chi connectivity index (χ3n) is 2.88. The molecule has 1 aromatic carbocycles. The SMILES string of the molecule is Cc1cccc2cc(C(=O)C(O)C(C)C)oc12. The molecule has 0 amide bonds. The number of benzene rings is 1. The van der Waals surface area contributed by atoms with Gasteiger partial charge in [0.2, 0.25) is 5.78 Å². The Bertz CT molecular complexity index is 552. The van der Waals surface area contributed by atoms with E-state index in [1.54, 1.807) is 19.9 Å². The molecule has 0 saturated carbocycles. The lowest BCUT2D eigenvalue weighted by molar-refractivity contribution is 0.0621. The molecule has 0 aliphatic heterocycles. The number of hydrogen-bond donors (Lipinski definition) is 1. The van der Waals surface area contributed by atoms with Crippen molar-refractivity contribution in [3.8, 4) is 0 Å². The van der Waals surface area contributed by atoms with Gasteiger partial charge in [-0.3, -0.25) is 4.79 Å². The monoisotopic (exact) mass is 232 g/mol. The summed E-state index contributed by atoms with van der Waals surface area (Å²) in [5.41, 5.74) is 1.70. The van der Waals surface area contributed by atoms with Gasteiger partial charge >= 0.3 is 0 Å². The normalized spacial score (nSPS) is 13.2. The minimum absolute atomic E-state index is 0.114. The molecule has 1 heterocycles. The van der Waals surface area contributed by atoms with Gasteiger partial charge < -0.3 is 9.52 Å². The number of aliphatic hydroxyl groups excluding tert-OH is 1. The molecule has 0 radical (unpaired) electrons. The summed E-state index contributed by atoms with van der Waals surface area (Å²) in [5.74, 6) is -0.233. The fourth-order valence-electron chi connectivity index (χ4n) is 1.78. The third kappa shape index (κ3) is 2.11. The van der Waals surface area contributed by atoms with E-state index in [0.717, 1.165) is 10.9 Å². The van der Waals surface area contributed by atoms with Crippen LogP contribution in [0.4, 0.5) is 0 Å². The van der Waals surface area contributed by atoms with Crippen LogP contribution in [0.2, 0.25) is 0 Å². The summed E-state index contributed by atoms with van der Waals surface area (Å²) in [7, 11) is 0. The van der Waals surface area contributed by atoms with E-state index in [-0.39, 0.29) is 17.5 Å². The van der Waals surface area contributed by atoms with E-state index < -0.39 is 6.10 Å². The molecule has 17 heavy (non-hydrogen) atoms. The van der Waals surface area contributed by atoms with Gasteiger partial charge in [0.05, 0.1) is 0 Å². The van der Waals surface area contributed by atoms with Gasteiger partial charge in [-0.05, 0) is 24.5 Å². The van der Waals surface area contributed by atoms with Crippen molar-refractivity contribution in [3.63, 3.8) is 0 Å². The molecule has 0 aliphatic rings. The molecule has 2 aromatic rings. The number of ketones is 1. The summed E-state index contributed by atoms with van der Waals surface area (Å²) in [6.07, 6.45) is -1.00. The van der Waals surface area contributed by atoms with E-state index in [2.05, 4.69) is 0 Å². The molecule has 0 spiro atoms. The van der Waals surface area contributed by atoms with Crippen LogP contribution >= 0.6 is 0 Å². The highest BCUT2D eigenvalue weighted by Gasteiger charge is 2.23. The van der Waals surface area contributed by atoms with Crippen molar-refractivity contribution in [1.82, 2.24) is 0 Å². The van der Waals surface area contributed by atoms with Crippen LogP contribution in [0.3, 0.4) is 0 Å². The first-order chi connectivity index (χ1) is 8.00. The zero-order chi connectivity index (χ0) is 12.6. The second kappa shape index (κ2) is 4.34. The number of carbonyl (C=O) groups excluding carboxylic acids is 1. The molecule has 1 aromatic heterocycles. The molecule has 2 rings (SSSR count). The predicted molar refractivity (Wildman–Crippen MR) is 66.1 cm³/mol. The highest BCUT2D eigenvalue weighted by molar-refractivity contribution is 6.00. The number of hydrogen-bond acceptors (Lipinski definition) is 3. The molecule has 1 N–H and O–H groups in total. The van der Waals surface area contributed by atoms with E-state index in [0.29, 0.717) is 5.58 Å². The van der Waals surface area contributed by atoms with E-state index >= 15 is 0 Å². The average Bonchev–Trinajstić information content (AvgIpc) is 2.72. The third-order valence-corrected chi connectivity index (χ3v) is 2.88. The molecule has 0 fully saturated rings. The maximum absolute atomic E-state index is 11.9. The first-order valence-corrected chi connectivity index (χ1v) is 5.72. The van der Waals surface area contributed by atoms with Gasteiger partial charge in [0.25, 0.3) is 0 Å². The summed E-state index contributed by atoms with van der Waals surface area (Å²) < 4.78 is 5.52. The molecule has 1 atom stereocenters. The van der Waals surface area contributed by atoms with Crippen LogP contribution in [0.25, 0.3) is 11.0 Å². The second-order valence-electron chi connectivity index (χ2n) is 4.66. The number of carbonyl (C=O) groups is 1. The van der Waals surface area contributed by atoms with Crippen molar-refractivity contribution in [2.24, 2.45) is 5.92 Å². The van der Waals surface area contributed by atoms with Crippen LogP contribution in [0.15, 0.2) is 28.7 Å². The molecular formula is C14H16O3. The zero-order valence-electron chi connectivity index (χ0n) is 10.2. The molecule has 3 nitrogen and oxygen atoms in total. The average molecular weight is 232 g/mol. The topological polar surface area (TPSA) is 50.4 Å². The number of rotatable bonds is 3. The van der Waals surface area contributed by atoms with Crippen molar-refractivity contribution < 1.29 is 14.3 Å². The lowest BCUT2D eigenvalue weighted by Crippen LogP contribution is -2.25. The molecular weight excluding hydrogens is 216 g/mol. The molecule has 3 heteroatoms. The fourth-order valence-corrected chi connectivity index (χ4v) is 1.78. The van der Waals surface area contributed by atoms with Crippen LogP contribution in [0, 0.1) is 12.8 Å². The summed E-state index contributed by atoms with van der Waals surface area (Å²) in [6.45, 7) is 5.53. The van der Waals surface area contributed by atoms with Crippen molar-refractivity contribution in [1.29, 1.82) is 0 Å². The zero-order valence-corrected chi connectivity index (χ0v) is 10.2. The van der Waals surface area contributed by atoms with E-state index in [1.807, 2.05) is 25.1 Å². The molecule has 0 saturated heterocycles. The van der Waals surface area contributed by atoms with E-state index in [4.69, 9.17) is 4.42 Å². The van der Waals surface area contributed by atoms with Crippen LogP contribution in [0.5, 0.6) is 0 Å². The largest absolute Gasteiger partial charge is 0.453 e. The Morgan fingerprint density at radius 1 is 1.35 bits per heavy atom. The predicted octanol–water partition coefficient (Wildman–Crippen LogP) is 2.94. The van der Waals surface area contributed by atoms with E-state index in [1.165, 1.54) is 0 Å². The molecule has 0 bridgehead atoms. The highest BCUT2D eigenvalue weighted by Crippen LogP contribution is 2.24. The first-order valence-electron chi connectivity index (χ1n) is 5.72. The van der Waals surface area contributed by atoms with Gasteiger partial charge in [0.15, 0.2) is 5.76 Å². The fraction of sp³-hybridized carbons (Fsp3) is 0.357. The standard InChI is InChI=1S/C14H16O3/c1-8(2)12(15)13(16)11-7-10-6-4-5-9(3)14(10)17-11/h4-8,12,15H,1-3H3. The Hall–Kier alpha value is -1.61. The number of para-hydroxylation sites is 1. The van der Waals surface area contributed by atoms with Crippen LogP contribution in [-0.4, -0.2) is 17.0 Å². The number of aryl methyl sites for hydroxylation is 1. The lowest BCUT2D eigenvalue weighted by Gasteiger charge is -2.10. The maximum atomic E-state index is 11.9. The minimum Gasteiger partial charge on any atom is -0.453 e. The number of furan rings is 1. The van der Waals surface area contributed by atoms with Gasteiger partial charge in [0.1, 0.15) is 11.7 Å². The van der Waals surface area contributed by atoms with Gasteiger partial charge in [-0.1, -0.05) is 32.0 Å². The summed E-state index contributed by atoms with van der Waals surface area (Å²) in [4.78, 5) is 11.9. The minimum atomic E-state index is -1.00. The van der Waals surface area contributed by atoms with Crippen LogP contribution in [-0.2, 0) is 0 Å². The maximum Gasteiger partial charge on any atom is 0.226 e. The summed E-state index contributed by atoms with van der Waals surface area (Å²) in [6, 6.07) is 7.43. The molecule has 90 valence electrons. The number of aliphatic hydroxyl groups is 1. The first kappa shape index (κ1) is 11.9. The summed E-state index contributed by atoms with van der Waals surface area (Å²) in [5, 5.41) is 10.6. The number of Topliss-reactive ketones (excluding diaryl/α,β-unsaturated/α-hetero) is 1. The summed E-state index contributed by atoms with van der Waals surface area (Å²) >= 11 is 0. The second-order valence-corrected chi connectivity index (χ2v) is 4.66. The van der Waals surface area contributed by atoms with E-state index in [9.17, 15) is 9.90 Å². The van der Waals surface area contributed by atoms with Gasteiger partial charge in [0, 0.05) is 5.39 Å². The van der Waals surface area contributed by atoms with Crippen LogP contribution < -0.4 is 0 Å². The Balaban J connectivity index is 2.44. The van der Waals surface area contributed by atoms with Crippen molar-refractivity contribution >= 4 is 16.8 Å². The Labute approximate surface area is 100 Å². The Kier molecular flexibility index (Phi) is 3.03. The van der Waals surface area contributed by atoms with Gasteiger partial charge in [-0.2, -0.15) is 0 Å². The molecule has 1 unspecified atom stereocenters. The van der Waals surface area contributed by atoms with Crippen molar-refractivity contribution in [2.45, 2.75) is 26.9 Å². The quantitative estimate of drug-likeness (QED) is 0.828. The Morgan fingerprint density at radius 3 is 2.65 bits per heavy atom. The van der Waals surface area contributed by atoms with Crippen molar-refractivity contribution in [2.75, 3.05) is 0 Å².